The van der Waals surface area contributed by atoms with Crippen LogP contribution in [0, 0.1) is 10.1 Å². The molecule has 9 rings (SSSR count). The molecule has 1 aromatic heterocycles. The van der Waals surface area contributed by atoms with Gasteiger partial charge in [-0.15, -0.1) is 0 Å². The fraction of sp³-hybridized carbons (Fsp3) is 0. The van der Waals surface area contributed by atoms with Gasteiger partial charge in [-0.1, -0.05) is 121 Å². The van der Waals surface area contributed by atoms with Crippen molar-refractivity contribution in [3.8, 4) is 22.3 Å². The third kappa shape index (κ3) is 4.92. The van der Waals surface area contributed by atoms with Crippen LogP contribution in [-0.4, -0.2) is 9.91 Å². The first-order valence-corrected chi connectivity index (χ1v) is 16.6. The van der Waals surface area contributed by atoms with Crippen molar-refractivity contribution in [2.75, 3.05) is 4.90 Å². The van der Waals surface area contributed by atoms with Crippen LogP contribution in [0.1, 0.15) is 0 Å². The third-order valence-electron chi connectivity index (χ3n) is 9.54. The number of aromatic nitrogens is 1. The van der Waals surface area contributed by atoms with Gasteiger partial charge in [-0.3, -0.25) is 15.0 Å². The van der Waals surface area contributed by atoms with E-state index in [1.54, 1.807) is 12.1 Å². The van der Waals surface area contributed by atoms with Crippen LogP contribution in [0.3, 0.4) is 0 Å². The summed E-state index contributed by atoms with van der Waals surface area (Å²) in [6.45, 7) is 0. The predicted molar refractivity (Wildman–Crippen MR) is 206 cm³/mol. The molecule has 0 atom stereocenters. The number of fused-ring (bicyclic) bond motifs is 4. The fourth-order valence-corrected chi connectivity index (χ4v) is 7.27. The van der Waals surface area contributed by atoms with E-state index in [-0.39, 0.29) is 10.6 Å². The van der Waals surface area contributed by atoms with Crippen LogP contribution in [0.4, 0.5) is 22.9 Å². The van der Waals surface area contributed by atoms with E-state index in [1.807, 2.05) is 35.2 Å². The highest BCUT2D eigenvalue weighted by molar-refractivity contribution is 6.23. The maximum Gasteiger partial charge on any atom is 0.269 e. The molecule has 0 bridgehead atoms. The van der Waals surface area contributed by atoms with Crippen LogP contribution >= 0.6 is 0 Å². The molecule has 1 heterocycles. The lowest BCUT2D eigenvalue weighted by molar-refractivity contribution is -0.384. The maximum atomic E-state index is 11.5. The van der Waals surface area contributed by atoms with Gasteiger partial charge in [0.05, 0.1) is 10.4 Å². The molecule has 0 fully saturated rings. The Balaban J connectivity index is 1.23. The van der Waals surface area contributed by atoms with Crippen LogP contribution < -0.4 is 4.90 Å². The number of anilines is 3. The number of nitrogens with zero attached hydrogens (tertiary/aromatic N) is 3. The number of rotatable bonds is 6. The number of hydrogen-bond acceptors (Lipinski definition) is 4. The first-order chi connectivity index (χ1) is 24.6. The first-order valence-electron chi connectivity index (χ1n) is 16.6. The van der Waals surface area contributed by atoms with E-state index >= 15 is 0 Å². The Labute approximate surface area is 288 Å². The maximum absolute atomic E-state index is 11.5. The van der Waals surface area contributed by atoms with Crippen LogP contribution in [0.2, 0.25) is 0 Å². The van der Waals surface area contributed by atoms with E-state index in [0.717, 1.165) is 33.7 Å². The number of non-ortho nitro benzene ring substituents is 1. The second kappa shape index (κ2) is 12.0. The normalized spacial score (nSPS) is 11.4. The summed E-state index contributed by atoms with van der Waals surface area (Å²) < 4.78 is 0. The third-order valence-corrected chi connectivity index (χ3v) is 9.54. The monoisotopic (exact) mass is 643 g/mol. The smallest absolute Gasteiger partial charge is 0.269 e. The largest absolute Gasteiger partial charge is 0.295 e. The highest BCUT2D eigenvalue weighted by Crippen LogP contribution is 2.46. The Morgan fingerprint density at radius 2 is 0.980 bits per heavy atom. The zero-order chi connectivity index (χ0) is 33.6. The second-order valence-electron chi connectivity index (χ2n) is 12.4. The molecule has 8 aromatic carbocycles. The molecule has 0 radical (unpaired) electrons. The quantitative estimate of drug-likeness (QED) is 0.103. The molecule has 0 aliphatic rings. The summed E-state index contributed by atoms with van der Waals surface area (Å²) in [6.07, 6.45) is 0. The van der Waals surface area contributed by atoms with Gasteiger partial charge in [0.15, 0.2) is 0 Å². The van der Waals surface area contributed by atoms with Gasteiger partial charge in [-0.25, -0.2) is 4.98 Å². The summed E-state index contributed by atoms with van der Waals surface area (Å²) in [5.41, 5.74) is 7.32. The minimum Gasteiger partial charge on any atom is -0.295 e. The van der Waals surface area contributed by atoms with Gasteiger partial charge < -0.3 is 0 Å². The van der Waals surface area contributed by atoms with E-state index in [0.29, 0.717) is 0 Å². The van der Waals surface area contributed by atoms with Gasteiger partial charge >= 0.3 is 0 Å². The van der Waals surface area contributed by atoms with E-state index < -0.39 is 0 Å². The van der Waals surface area contributed by atoms with Crippen molar-refractivity contribution in [1.82, 2.24) is 4.98 Å². The average molecular weight is 644 g/mol. The van der Waals surface area contributed by atoms with Gasteiger partial charge in [-0.2, -0.15) is 0 Å². The summed E-state index contributed by atoms with van der Waals surface area (Å²) in [5, 5.41) is 19.7. The summed E-state index contributed by atoms with van der Waals surface area (Å²) in [6, 6.07) is 59.8. The molecule has 5 nitrogen and oxygen atoms in total. The summed E-state index contributed by atoms with van der Waals surface area (Å²) in [5.74, 6) is 0.723. The Bertz CT molecular complexity index is 2680. The zero-order valence-electron chi connectivity index (χ0n) is 26.9. The molecular weight excluding hydrogens is 615 g/mol. The van der Waals surface area contributed by atoms with Gasteiger partial charge in [0.1, 0.15) is 5.82 Å². The van der Waals surface area contributed by atoms with Gasteiger partial charge in [0, 0.05) is 28.9 Å². The molecule has 9 aromatic rings. The number of nitro benzene ring substituents is 1. The zero-order valence-corrected chi connectivity index (χ0v) is 26.9. The number of para-hydroxylation sites is 1. The lowest BCUT2D eigenvalue weighted by Gasteiger charge is -2.25. The molecule has 0 amide bonds. The van der Waals surface area contributed by atoms with Crippen molar-refractivity contribution in [3.05, 3.63) is 186 Å². The Morgan fingerprint density at radius 1 is 0.460 bits per heavy atom. The van der Waals surface area contributed by atoms with Crippen molar-refractivity contribution >= 4 is 66.1 Å². The molecule has 0 saturated heterocycles. The molecule has 0 aliphatic carbocycles. The van der Waals surface area contributed by atoms with Crippen molar-refractivity contribution in [3.63, 3.8) is 0 Å². The summed E-state index contributed by atoms with van der Waals surface area (Å²) in [7, 11) is 0. The van der Waals surface area contributed by atoms with Crippen LogP contribution in [0.15, 0.2) is 176 Å². The van der Waals surface area contributed by atoms with Gasteiger partial charge in [0.25, 0.3) is 5.69 Å². The fourth-order valence-electron chi connectivity index (χ4n) is 7.27. The number of hydrogen-bond donors (Lipinski definition) is 0. The first kappa shape index (κ1) is 29.3. The summed E-state index contributed by atoms with van der Waals surface area (Å²) in [4.78, 5) is 18.1. The lowest BCUT2D eigenvalue weighted by Crippen LogP contribution is -2.11. The molecule has 0 unspecified atom stereocenters. The molecule has 0 N–H and O–H groups in total. The average Bonchev–Trinajstić information content (AvgIpc) is 3.17. The number of nitro groups is 1. The Hall–Kier alpha value is -6.85. The van der Waals surface area contributed by atoms with Crippen molar-refractivity contribution in [2.24, 2.45) is 0 Å². The molecule has 0 aliphatic heterocycles. The van der Waals surface area contributed by atoms with E-state index in [9.17, 15) is 10.1 Å². The SMILES string of the molecule is O=[N+]([O-])c1ccc(N(c2ccc(-c3c4ccccc4c(-c4cccc5ccccc45)c4ccccc34)cc2)c2ccc3ccccc3n2)cc1. The van der Waals surface area contributed by atoms with Crippen molar-refractivity contribution in [1.29, 1.82) is 0 Å². The highest BCUT2D eigenvalue weighted by Gasteiger charge is 2.20. The topological polar surface area (TPSA) is 59.3 Å². The number of benzene rings is 8. The number of pyridine rings is 1. The molecule has 0 spiro atoms. The van der Waals surface area contributed by atoms with Crippen LogP contribution in [0.5, 0.6) is 0 Å². The minimum absolute atomic E-state index is 0.0428. The van der Waals surface area contributed by atoms with E-state index in [2.05, 4.69) is 121 Å². The van der Waals surface area contributed by atoms with E-state index in [4.69, 9.17) is 4.98 Å². The molecule has 5 heteroatoms. The second-order valence-corrected chi connectivity index (χ2v) is 12.4. The van der Waals surface area contributed by atoms with Crippen LogP contribution in [-0.2, 0) is 0 Å². The molecule has 0 saturated carbocycles. The van der Waals surface area contributed by atoms with Gasteiger partial charge in [-0.05, 0) is 97.0 Å². The lowest BCUT2D eigenvalue weighted by atomic mass is 9.85. The molecular formula is C45H29N3O2. The van der Waals surface area contributed by atoms with Crippen molar-refractivity contribution in [2.45, 2.75) is 0 Å². The summed E-state index contributed by atoms with van der Waals surface area (Å²) >= 11 is 0. The molecule has 50 heavy (non-hydrogen) atoms. The minimum atomic E-state index is -0.378. The standard InChI is InChI=1S/C45H29N3O2/c49-48(50)35-27-25-34(26-28-35)47(43-29-22-31-11-2-8-19-42(31)46-43)33-23-20-32(21-24-33)44-38-14-4-6-16-40(38)45(41-17-7-5-15-39(41)44)37-18-9-12-30-10-1-3-13-36(30)37/h1-29H. The van der Waals surface area contributed by atoms with Crippen LogP contribution in [0.25, 0.3) is 65.5 Å². The highest BCUT2D eigenvalue weighted by atomic mass is 16.6. The Morgan fingerprint density at radius 3 is 1.62 bits per heavy atom. The molecule has 236 valence electrons. The van der Waals surface area contributed by atoms with E-state index in [1.165, 1.54) is 61.1 Å². The van der Waals surface area contributed by atoms with Gasteiger partial charge in [0.2, 0.25) is 0 Å². The predicted octanol–water partition coefficient (Wildman–Crippen LogP) is 12.4. The van der Waals surface area contributed by atoms with Crippen molar-refractivity contribution < 1.29 is 4.92 Å². The Kier molecular flexibility index (Phi) is 7.03.